The molecule has 0 spiro atoms. The highest BCUT2D eigenvalue weighted by molar-refractivity contribution is 14.0. The van der Waals surface area contributed by atoms with E-state index in [0.717, 1.165) is 44.1 Å². The lowest BCUT2D eigenvalue weighted by Gasteiger charge is -2.11. The molecular weight excluding hydrogens is 479 g/mol. The van der Waals surface area contributed by atoms with Crippen LogP contribution in [0.5, 0.6) is 0 Å². The van der Waals surface area contributed by atoms with E-state index in [1.54, 1.807) is 12.1 Å². The van der Waals surface area contributed by atoms with E-state index in [9.17, 15) is 8.42 Å². The number of benzene rings is 1. The Morgan fingerprint density at radius 3 is 2.44 bits per heavy atom. The molecule has 0 unspecified atom stereocenters. The Balaban J connectivity index is 0.00000676. The number of nitrogens with one attached hydrogen (secondary N) is 2. The summed E-state index contributed by atoms with van der Waals surface area (Å²) in [6, 6.07) is 6.61. The van der Waals surface area contributed by atoms with E-state index in [1.165, 1.54) is 12.1 Å². The highest BCUT2D eigenvalue weighted by atomic mass is 127. The van der Waals surface area contributed by atoms with Crippen LogP contribution in [0.4, 0.5) is 0 Å². The van der Waals surface area contributed by atoms with Gasteiger partial charge >= 0.3 is 0 Å². The highest BCUT2D eigenvalue weighted by Gasteiger charge is 2.06. The van der Waals surface area contributed by atoms with Crippen molar-refractivity contribution < 1.29 is 13.2 Å². The Labute approximate surface area is 180 Å². The molecule has 1 aromatic carbocycles. The molecule has 0 aliphatic heterocycles. The molecule has 4 N–H and O–H groups in total. The molecule has 1 aromatic rings. The Bertz CT molecular complexity index is 649. The Morgan fingerprint density at radius 2 is 1.89 bits per heavy atom. The van der Waals surface area contributed by atoms with Gasteiger partial charge in [0.25, 0.3) is 0 Å². The number of hydrogen-bond donors (Lipinski definition) is 3. The zero-order valence-electron chi connectivity index (χ0n) is 16.4. The van der Waals surface area contributed by atoms with Crippen molar-refractivity contribution in [1.82, 2.24) is 10.6 Å². The van der Waals surface area contributed by atoms with E-state index in [4.69, 9.17) is 9.88 Å². The van der Waals surface area contributed by atoms with Crippen LogP contribution in [0.3, 0.4) is 0 Å². The molecule has 0 saturated carbocycles. The van der Waals surface area contributed by atoms with Crippen LogP contribution in [-0.2, 0) is 21.2 Å². The molecule has 0 radical (unpaired) electrons. The lowest BCUT2D eigenvalue weighted by atomic mass is 10.1. The molecule has 27 heavy (non-hydrogen) atoms. The second-order valence-electron chi connectivity index (χ2n) is 6.45. The topological polar surface area (TPSA) is 106 Å². The number of rotatable bonds is 11. The second-order valence-corrected chi connectivity index (χ2v) is 8.01. The molecule has 0 bridgehead atoms. The number of hydrogen-bond acceptors (Lipinski definition) is 4. The number of sulfonamides is 1. The molecule has 0 fully saturated rings. The number of aliphatic imine (C=N–C) groups is 1. The van der Waals surface area contributed by atoms with Crippen LogP contribution in [0, 0.1) is 5.92 Å². The summed E-state index contributed by atoms with van der Waals surface area (Å²) in [5.74, 6) is 1.33. The first-order valence-electron chi connectivity index (χ1n) is 9.04. The van der Waals surface area contributed by atoms with Crippen LogP contribution in [-0.4, -0.2) is 47.2 Å². The highest BCUT2D eigenvalue weighted by Crippen LogP contribution is 2.08. The van der Waals surface area contributed by atoms with Gasteiger partial charge in [0.1, 0.15) is 0 Å². The maximum Gasteiger partial charge on any atom is 0.238 e. The van der Waals surface area contributed by atoms with Crippen molar-refractivity contribution in [2.24, 2.45) is 16.0 Å². The molecule has 0 atom stereocenters. The fraction of sp³-hybridized carbons (Fsp3) is 0.611. The maximum atomic E-state index is 11.3. The van der Waals surface area contributed by atoms with Crippen LogP contribution in [0.2, 0.25) is 0 Å². The van der Waals surface area contributed by atoms with Crippen LogP contribution < -0.4 is 15.8 Å². The fourth-order valence-corrected chi connectivity index (χ4v) is 2.70. The molecular formula is C18H33IN4O3S. The monoisotopic (exact) mass is 512 g/mol. The summed E-state index contributed by atoms with van der Waals surface area (Å²) in [4.78, 5) is 4.65. The molecule has 1 rings (SSSR count). The van der Waals surface area contributed by atoms with Crippen LogP contribution >= 0.6 is 24.0 Å². The summed E-state index contributed by atoms with van der Waals surface area (Å²) >= 11 is 0. The third-order valence-electron chi connectivity index (χ3n) is 3.47. The summed E-state index contributed by atoms with van der Waals surface area (Å²) in [5.41, 5.74) is 1.03. The average molecular weight is 512 g/mol. The minimum atomic E-state index is -3.64. The van der Waals surface area contributed by atoms with Gasteiger partial charge in [0.15, 0.2) is 5.96 Å². The van der Waals surface area contributed by atoms with Crippen LogP contribution in [0.1, 0.15) is 32.8 Å². The van der Waals surface area contributed by atoms with Gasteiger partial charge < -0.3 is 15.4 Å². The summed E-state index contributed by atoms with van der Waals surface area (Å²) in [6.45, 7) is 9.99. The van der Waals surface area contributed by atoms with Crippen molar-refractivity contribution in [3.8, 4) is 0 Å². The van der Waals surface area contributed by atoms with Crippen molar-refractivity contribution in [2.45, 2.75) is 38.5 Å². The fourth-order valence-electron chi connectivity index (χ4n) is 2.19. The quantitative estimate of drug-likeness (QED) is 0.182. The van der Waals surface area contributed by atoms with Crippen LogP contribution in [0.25, 0.3) is 0 Å². The van der Waals surface area contributed by atoms with E-state index in [-0.39, 0.29) is 28.9 Å². The van der Waals surface area contributed by atoms with E-state index in [0.29, 0.717) is 19.0 Å². The van der Waals surface area contributed by atoms with Crippen LogP contribution in [0.15, 0.2) is 34.2 Å². The van der Waals surface area contributed by atoms with Crippen molar-refractivity contribution >= 4 is 40.0 Å². The van der Waals surface area contributed by atoms with E-state index in [1.807, 2.05) is 6.92 Å². The first-order valence-corrected chi connectivity index (χ1v) is 10.6. The Hall–Kier alpha value is -0.910. The maximum absolute atomic E-state index is 11.3. The lowest BCUT2D eigenvalue weighted by molar-refractivity contribution is 0.109. The Kier molecular flexibility index (Phi) is 13.7. The minimum Gasteiger partial charge on any atom is -0.381 e. The van der Waals surface area contributed by atoms with Gasteiger partial charge in [-0.05, 0) is 43.4 Å². The van der Waals surface area contributed by atoms with Gasteiger partial charge in [-0.1, -0.05) is 26.0 Å². The number of halogens is 1. The first-order chi connectivity index (χ1) is 12.3. The molecule has 0 saturated heterocycles. The molecule has 156 valence electrons. The van der Waals surface area contributed by atoms with Gasteiger partial charge in [-0.3, -0.25) is 4.99 Å². The van der Waals surface area contributed by atoms with Gasteiger partial charge in [0, 0.05) is 32.8 Å². The average Bonchev–Trinajstić information content (AvgIpc) is 2.57. The number of nitrogens with two attached hydrogens (primary N) is 1. The molecule has 0 aromatic heterocycles. The molecule has 9 heteroatoms. The number of ether oxygens (including phenoxy) is 1. The zero-order chi connectivity index (χ0) is 19.4. The van der Waals surface area contributed by atoms with Gasteiger partial charge in [-0.15, -0.1) is 24.0 Å². The summed E-state index contributed by atoms with van der Waals surface area (Å²) < 4.78 is 28.1. The van der Waals surface area contributed by atoms with Crippen molar-refractivity contribution in [1.29, 1.82) is 0 Å². The second kappa shape index (κ2) is 14.1. The van der Waals surface area contributed by atoms with Crippen molar-refractivity contribution in [2.75, 3.05) is 32.8 Å². The molecule has 0 amide bonds. The third kappa shape index (κ3) is 12.2. The van der Waals surface area contributed by atoms with E-state index in [2.05, 4.69) is 29.5 Å². The SMILES string of the molecule is CCNC(=NCCCOCC(C)C)NCCc1ccc(S(N)(=O)=O)cc1.I. The predicted octanol–water partition coefficient (Wildman–Crippen LogP) is 2.11. The number of primary sulfonamides is 1. The summed E-state index contributed by atoms with van der Waals surface area (Å²) in [5, 5.41) is 11.6. The molecule has 0 heterocycles. The zero-order valence-corrected chi connectivity index (χ0v) is 19.5. The van der Waals surface area contributed by atoms with E-state index >= 15 is 0 Å². The van der Waals surface area contributed by atoms with Gasteiger partial charge in [0.05, 0.1) is 4.90 Å². The smallest absolute Gasteiger partial charge is 0.238 e. The largest absolute Gasteiger partial charge is 0.381 e. The Morgan fingerprint density at radius 1 is 1.22 bits per heavy atom. The standard InChI is InChI=1S/C18H32N4O3S.HI/c1-4-20-18(21-11-5-13-25-14-15(2)3)22-12-10-16-6-8-17(9-7-16)26(19,23)24;/h6-9,15H,4-5,10-14H2,1-3H3,(H2,19,23,24)(H2,20,21,22);1H. The van der Waals surface area contributed by atoms with Gasteiger partial charge in [-0.25, -0.2) is 13.6 Å². The third-order valence-corrected chi connectivity index (χ3v) is 4.40. The summed E-state index contributed by atoms with van der Waals surface area (Å²) in [6.07, 6.45) is 1.64. The minimum absolute atomic E-state index is 0. The predicted molar refractivity (Wildman–Crippen MR) is 121 cm³/mol. The van der Waals surface area contributed by atoms with Gasteiger partial charge in [-0.2, -0.15) is 0 Å². The summed E-state index contributed by atoms with van der Waals surface area (Å²) in [7, 11) is -3.64. The first kappa shape index (κ1) is 26.1. The lowest BCUT2D eigenvalue weighted by Crippen LogP contribution is -2.38. The van der Waals surface area contributed by atoms with Crippen molar-refractivity contribution in [3.63, 3.8) is 0 Å². The van der Waals surface area contributed by atoms with Gasteiger partial charge in [0.2, 0.25) is 10.0 Å². The molecule has 0 aliphatic carbocycles. The number of nitrogens with zero attached hydrogens (tertiary/aromatic N) is 1. The molecule has 7 nitrogen and oxygen atoms in total. The molecule has 0 aliphatic rings. The normalized spacial score (nSPS) is 12.0. The van der Waals surface area contributed by atoms with E-state index < -0.39 is 10.0 Å². The number of guanidine groups is 1. The van der Waals surface area contributed by atoms with Crippen molar-refractivity contribution in [3.05, 3.63) is 29.8 Å².